The van der Waals surface area contributed by atoms with Gasteiger partial charge in [-0.05, 0) is 23.6 Å². The molecule has 2 aromatic carbocycles. The van der Waals surface area contributed by atoms with Gasteiger partial charge in [-0.15, -0.1) is 11.8 Å². The first-order valence-corrected chi connectivity index (χ1v) is 11.1. The average molecular weight is 413 g/mol. The van der Waals surface area contributed by atoms with Gasteiger partial charge >= 0.3 is 0 Å². The number of benzene rings is 2. The van der Waals surface area contributed by atoms with Gasteiger partial charge in [0.2, 0.25) is 5.91 Å². The van der Waals surface area contributed by atoms with Gasteiger partial charge in [-0.2, -0.15) is 0 Å². The molecule has 5 nitrogen and oxygen atoms in total. The molecule has 6 heteroatoms. The second kappa shape index (κ2) is 9.94. The quantitative estimate of drug-likeness (QED) is 0.525. The zero-order valence-corrected chi connectivity index (χ0v) is 17.9. The molecule has 1 atom stereocenters. The molecule has 2 aromatic rings. The van der Waals surface area contributed by atoms with Crippen LogP contribution >= 0.6 is 11.8 Å². The van der Waals surface area contributed by atoms with Crippen LogP contribution in [0.3, 0.4) is 0 Å². The summed E-state index contributed by atoms with van der Waals surface area (Å²) in [5, 5.41) is 3.02. The molecule has 0 aromatic heterocycles. The minimum absolute atomic E-state index is 0.00201. The molecule has 1 unspecified atom stereocenters. The van der Waals surface area contributed by atoms with E-state index in [9.17, 15) is 9.59 Å². The molecule has 0 radical (unpaired) electrons. The third-order valence-electron chi connectivity index (χ3n) is 5.15. The number of anilines is 1. The van der Waals surface area contributed by atoms with Gasteiger partial charge in [0.1, 0.15) is 6.54 Å². The maximum atomic E-state index is 12.7. The molecule has 0 spiro atoms. The van der Waals surface area contributed by atoms with Crippen LogP contribution in [0.15, 0.2) is 53.4 Å². The summed E-state index contributed by atoms with van der Waals surface area (Å²) in [6.07, 6.45) is 2.36. The van der Waals surface area contributed by atoms with Crippen molar-refractivity contribution < 1.29 is 14.5 Å². The number of nitrogens with one attached hydrogen (secondary N) is 2. The van der Waals surface area contributed by atoms with E-state index in [0.717, 1.165) is 17.1 Å². The third kappa shape index (κ3) is 6.61. The first-order chi connectivity index (χ1) is 13.9. The van der Waals surface area contributed by atoms with Gasteiger partial charge < -0.3 is 16.0 Å². The molecule has 3 rings (SSSR count). The Labute approximate surface area is 177 Å². The Kier molecular flexibility index (Phi) is 7.34. The fraction of sp³-hybridized carbons (Fsp3) is 0.391. The normalized spacial score (nSPS) is 14.6. The highest BCUT2D eigenvalue weighted by Gasteiger charge is 2.34. The van der Waals surface area contributed by atoms with Gasteiger partial charge in [-0.3, -0.25) is 9.59 Å². The average Bonchev–Trinajstić information content (AvgIpc) is 3.52. The molecule has 1 aliphatic rings. The van der Waals surface area contributed by atoms with Crippen molar-refractivity contribution in [1.82, 2.24) is 0 Å². The van der Waals surface area contributed by atoms with Gasteiger partial charge in [0.15, 0.2) is 6.54 Å². The fourth-order valence-electron chi connectivity index (χ4n) is 3.37. The van der Waals surface area contributed by atoms with E-state index < -0.39 is 0 Å². The zero-order chi connectivity index (χ0) is 20.8. The minimum atomic E-state index is -0.371. The SMILES string of the molecule is CC(C)c1ccc(C[NH+](CC(=O)Nc2ccccc2SCC(N)=O)C2CC2)cc1. The molecule has 0 heterocycles. The van der Waals surface area contributed by atoms with Gasteiger partial charge in [-0.1, -0.05) is 50.2 Å². The predicted octanol–water partition coefficient (Wildman–Crippen LogP) is 2.57. The van der Waals surface area contributed by atoms with E-state index >= 15 is 0 Å². The summed E-state index contributed by atoms with van der Waals surface area (Å²) in [6.45, 7) is 5.68. The van der Waals surface area contributed by atoms with E-state index in [-0.39, 0.29) is 17.6 Å². The Hall–Kier alpha value is -2.31. The summed E-state index contributed by atoms with van der Waals surface area (Å²) in [7, 11) is 0. The van der Waals surface area contributed by atoms with Crippen molar-refractivity contribution >= 4 is 29.3 Å². The molecule has 1 saturated carbocycles. The highest BCUT2D eigenvalue weighted by Crippen LogP contribution is 2.26. The molecule has 1 aliphatic carbocycles. The van der Waals surface area contributed by atoms with E-state index in [1.807, 2.05) is 24.3 Å². The summed E-state index contributed by atoms with van der Waals surface area (Å²) >= 11 is 1.34. The second-order valence-electron chi connectivity index (χ2n) is 7.98. The molecular weight excluding hydrogens is 382 g/mol. The van der Waals surface area contributed by atoms with Crippen LogP contribution in [0.1, 0.15) is 43.7 Å². The highest BCUT2D eigenvalue weighted by atomic mass is 32.2. The van der Waals surface area contributed by atoms with Gasteiger partial charge in [0.05, 0.1) is 17.5 Å². The van der Waals surface area contributed by atoms with E-state index in [2.05, 4.69) is 43.4 Å². The maximum Gasteiger partial charge on any atom is 0.279 e. The van der Waals surface area contributed by atoms with Crippen molar-refractivity contribution in [3.63, 3.8) is 0 Å². The zero-order valence-electron chi connectivity index (χ0n) is 17.1. The number of thioether (sulfide) groups is 1. The largest absolute Gasteiger partial charge is 0.369 e. The standard InChI is InChI=1S/C23H29N3O2S/c1-16(2)18-9-7-17(8-10-18)13-26(19-11-12-19)14-23(28)25-20-5-3-4-6-21(20)29-15-22(24)27/h3-10,16,19H,11-15H2,1-2H3,(H2,24,27)(H,25,28)/p+1. The Morgan fingerprint density at radius 1 is 1.14 bits per heavy atom. The van der Waals surface area contributed by atoms with Gasteiger partial charge in [-0.25, -0.2) is 0 Å². The van der Waals surface area contributed by atoms with Crippen molar-refractivity contribution in [3.8, 4) is 0 Å². The lowest BCUT2D eigenvalue weighted by Gasteiger charge is -2.20. The number of quaternary nitrogens is 1. The van der Waals surface area contributed by atoms with Crippen LogP contribution in [0.25, 0.3) is 0 Å². The second-order valence-corrected chi connectivity index (χ2v) is 9.00. The van der Waals surface area contributed by atoms with Crippen LogP contribution in [-0.2, 0) is 16.1 Å². The summed E-state index contributed by atoms with van der Waals surface area (Å²) in [5.74, 6) is 0.342. The number of nitrogens with two attached hydrogens (primary N) is 1. The molecular formula is C23H30N3O2S+. The molecule has 154 valence electrons. The van der Waals surface area contributed by atoms with E-state index in [1.165, 1.54) is 40.6 Å². The van der Waals surface area contributed by atoms with Crippen molar-refractivity contribution in [1.29, 1.82) is 0 Å². The summed E-state index contributed by atoms with van der Waals surface area (Å²) in [4.78, 5) is 26.0. The third-order valence-corrected chi connectivity index (χ3v) is 6.25. The van der Waals surface area contributed by atoms with E-state index in [1.54, 1.807) is 0 Å². The number of amides is 2. The van der Waals surface area contributed by atoms with Crippen LogP contribution in [0.4, 0.5) is 5.69 Å². The lowest BCUT2D eigenvalue weighted by molar-refractivity contribution is -0.916. The molecule has 4 N–H and O–H groups in total. The summed E-state index contributed by atoms with van der Waals surface area (Å²) < 4.78 is 0. The maximum absolute atomic E-state index is 12.7. The number of carbonyl (C=O) groups is 2. The molecule has 0 bridgehead atoms. The van der Waals surface area contributed by atoms with Gasteiger partial charge in [0.25, 0.3) is 5.91 Å². The lowest BCUT2D eigenvalue weighted by Crippen LogP contribution is -3.13. The van der Waals surface area contributed by atoms with Crippen LogP contribution in [-0.4, -0.2) is 30.2 Å². The molecule has 0 saturated heterocycles. The van der Waals surface area contributed by atoms with Crippen LogP contribution in [0.5, 0.6) is 0 Å². The van der Waals surface area contributed by atoms with E-state index in [0.29, 0.717) is 18.5 Å². The number of hydrogen-bond donors (Lipinski definition) is 3. The Bertz CT molecular complexity index is 847. The van der Waals surface area contributed by atoms with Crippen LogP contribution in [0, 0.1) is 0 Å². The monoisotopic (exact) mass is 412 g/mol. The van der Waals surface area contributed by atoms with Crippen LogP contribution < -0.4 is 16.0 Å². The Balaban J connectivity index is 1.61. The number of hydrogen-bond acceptors (Lipinski definition) is 3. The molecule has 1 fully saturated rings. The molecule has 29 heavy (non-hydrogen) atoms. The minimum Gasteiger partial charge on any atom is -0.369 e. The van der Waals surface area contributed by atoms with Gasteiger partial charge in [0, 0.05) is 23.3 Å². The van der Waals surface area contributed by atoms with Crippen molar-refractivity contribution in [3.05, 3.63) is 59.7 Å². The number of para-hydroxylation sites is 1. The first-order valence-electron chi connectivity index (χ1n) is 10.2. The molecule has 2 amide bonds. The van der Waals surface area contributed by atoms with Crippen LogP contribution in [0.2, 0.25) is 0 Å². The van der Waals surface area contributed by atoms with E-state index in [4.69, 9.17) is 5.73 Å². The van der Waals surface area contributed by atoms with Crippen molar-refractivity contribution in [2.75, 3.05) is 17.6 Å². The fourth-order valence-corrected chi connectivity index (χ4v) is 4.12. The predicted molar refractivity (Wildman–Crippen MR) is 118 cm³/mol. The number of primary amides is 1. The number of rotatable bonds is 10. The smallest absolute Gasteiger partial charge is 0.279 e. The van der Waals surface area contributed by atoms with Crippen molar-refractivity contribution in [2.24, 2.45) is 5.73 Å². The number of carbonyl (C=O) groups excluding carboxylic acids is 2. The first kappa shape index (κ1) is 21.4. The Morgan fingerprint density at radius 3 is 2.45 bits per heavy atom. The lowest BCUT2D eigenvalue weighted by atomic mass is 10.0. The highest BCUT2D eigenvalue weighted by molar-refractivity contribution is 8.00. The summed E-state index contributed by atoms with van der Waals surface area (Å²) in [6, 6.07) is 16.8. The summed E-state index contributed by atoms with van der Waals surface area (Å²) in [5.41, 5.74) is 8.59. The Morgan fingerprint density at radius 2 is 1.83 bits per heavy atom. The topological polar surface area (TPSA) is 76.6 Å². The molecule has 0 aliphatic heterocycles. The van der Waals surface area contributed by atoms with Crippen molar-refractivity contribution in [2.45, 2.75) is 50.1 Å².